The van der Waals surface area contributed by atoms with E-state index >= 15 is 0 Å². The van der Waals surface area contributed by atoms with Crippen LogP contribution >= 0.6 is 24.2 Å². The van der Waals surface area contributed by atoms with E-state index in [-0.39, 0.29) is 16.9 Å². The van der Waals surface area contributed by atoms with Gasteiger partial charge >= 0.3 is 0 Å². The van der Waals surface area contributed by atoms with E-state index in [1.54, 1.807) is 11.0 Å². The Morgan fingerprint density at radius 1 is 1.53 bits per heavy atom. The minimum absolute atomic E-state index is 0.0163. The zero-order valence-electron chi connectivity index (χ0n) is 7.85. The van der Waals surface area contributed by atoms with Gasteiger partial charge in [0.15, 0.2) is 0 Å². The van der Waals surface area contributed by atoms with E-state index in [1.165, 1.54) is 12.1 Å². The second-order valence-electron chi connectivity index (χ2n) is 3.50. The Bertz CT molecular complexity index is 410. The number of hydrogen-bond donors (Lipinski definition) is 2. The van der Waals surface area contributed by atoms with Gasteiger partial charge in [-0.3, -0.25) is 4.79 Å². The molecule has 3 nitrogen and oxygen atoms in total. The lowest BCUT2D eigenvalue weighted by molar-refractivity contribution is -0.117. The van der Waals surface area contributed by atoms with Gasteiger partial charge < -0.3 is 10.0 Å². The van der Waals surface area contributed by atoms with Crippen molar-refractivity contribution in [3.63, 3.8) is 0 Å². The molecule has 1 atom stereocenters. The number of phenols is 1. The van der Waals surface area contributed by atoms with Crippen molar-refractivity contribution in [1.82, 2.24) is 0 Å². The van der Waals surface area contributed by atoms with Crippen LogP contribution in [-0.4, -0.2) is 22.8 Å². The fraction of sp³-hybridized carbons (Fsp3) is 0.300. The number of hydrogen-bond acceptors (Lipinski definition) is 3. The molecule has 0 radical (unpaired) electrons. The van der Waals surface area contributed by atoms with E-state index in [2.05, 4.69) is 12.6 Å². The van der Waals surface area contributed by atoms with Crippen LogP contribution in [0.15, 0.2) is 18.2 Å². The quantitative estimate of drug-likeness (QED) is 0.742. The second-order valence-corrected chi connectivity index (χ2v) is 4.64. The molecule has 1 aliphatic heterocycles. The average Bonchev–Trinajstić information content (AvgIpc) is 2.45. The largest absolute Gasteiger partial charge is 0.508 e. The highest BCUT2D eigenvalue weighted by Gasteiger charge is 2.29. The molecule has 1 amide bonds. The number of nitrogens with zero attached hydrogens (tertiary/aromatic N) is 1. The Morgan fingerprint density at radius 3 is 2.80 bits per heavy atom. The van der Waals surface area contributed by atoms with Crippen LogP contribution in [0, 0.1) is 0 Å². The first-order chi connectivity index (χ1) is 7.08. The zero-order chi connectivity index (χ0) is 11.0. The van der Waals surface area contributed by atoms with Crippen LogP contribution < -0.4 is 4.90 Å². The van der Waals surface area contributed by atoms with Crippen LogP contribution in [0.25, 0.3) is 0 Å². The van der Waals surface area contributed by atoms with Gasteiger partial charge in [-0.15, -0.1) is 0 Å². The summed E-state index contributed by atoms with van der Waals surface area (Å²) in [5.74, 6) is 0.111. The molecule has 1 aliphatic rings. The van der Waals surface area contributed by atoms with E-state index in [0.717, 1.165) is 0 Å². The maximum Gasteiger partial charge on any atom is 0.228 e. The predicted molar refractivity (Wildman–Crippen MR) is 62.9 cm³/mol. The molecule has 2 rings (SSSR count). The number of halogens is 1. The molecule has 1 fully saturated rings. The number of thiol groups is 1. The summed E-state index contributed by atoms with van der Waals surface area (Å²) >= 11 is 10.2. The normalized spacial score (nSPS) is 21.1. The summed E-state index contributed by atoms with van der Waals surface area (Å²) in [6, 6.07) is 4.58. The van der Waals surface area contributed by atoms with Crippen molar-refractivity contribution < 1.29 is 9.90 Å². The maximum atomic E-state index is 11.6. The molecule has 5 heteroatoms. The van der Waals surface area contributed by atoms with E-state index in [4.69, 9.17) is 11.6 Å². The van der Waals surface area contributed by atoms with Crippen LogP contribution in [0.5, 0.6) is 5.75 Å². The van der Waals surface area contributed by atoms with Crippen molar-refractivity contribution >= 4 is 35.8 Å². The number of aromatic hydroxyl groups is 1. The average molecular weight is 244 g/mol. The van der Waals surface area contributed by atoms with Gasteiger partial charge in [-0.1, -0.05) is 11.6 Å². The van der Waals surface area contributed by atoms with Crippen LogP contribution in [-0.2, 0) is 4.79 Å². The molecule has 1 heterocycles. The summed E-state index contributed by atoms with van der Waals surface area (Å²) in [6.07, 6.45) is 0.431. The van der Waals surface area contributed by atoms with E-state index in [1.807, 2.05) is 0 Å². The number of phenolic OH excluding ortho intramolecular Hbond substituents is 1. The van der Waals surface area contributed by atoms with Gasteiger partial charge in [0.1, 0.15) is 5.75 Å². The minimum atomic E-state index is 0.0163. The summed E-state index contributed by atoms with van der Waals surface area (Å²) in [4.78, 5) is 13.2. The van der Waals surface area contributed by atoms with Gasteiger partial charge in [-0.25, -0.2) is 0 Å². The lowest BCUT2D eigenvalue weighted by Crippen LogP contribution is -2.24. The molecule has 0 saturated carbocycles. The monoisotopic (exact) mass is 243 g/mol. The van der Waals surface area contributed by atoms with Crippen LogP contribution in [0.3, 0.4) is 0 Å². The molecule has 0 bridgehead atoms. The lowest BCUT2D eigenvalue weighted by atomic mass is 10.3. The number of carbonyl (C=O) groups excluding carboxylic acids is 1. The first-order valence-corrected chi connectivity index (χ1v) is 5.44. The van der Waals surface area contributed by atoms with Crippen molar-refractivity contribution in [1.29, 1.82) is 0 Å². The lowest BCUT2D eigenvalue weighted by Gasteiger charge is -2.17. The zero-order valence-corrected chi connectivity index (χ0v) is 9.50. The predicted octanol–water partition coefficient (Wildman–Crippen LogP) is 2.08. The van der Waals surface area contributed by atoms with Crippen molar-refractivity contribution in [3.8, 4) is 5.75 Å². The summed E-state index contributed by atoms with van der Waals surface area (Å²) in [5, 5.41) is 9.63. The fourth-order valence-electron chi connectivity index (χ4n) is 1.64. The van der Waals surface area contributed by atoms with Crippen LogP contribution in [0.2, 0.25) is 5.02 Å². The molecule has 0 aliphatic carbocycles. The van der Waals surface area contributed by atoms with Crippen LogP contribution in [0.1, 0.15) is 6.42 Å². The fourth-order valence-corrected chi connectivity index (χ4v) is 2.23. The number of rotatable bonds is 1. The molecule has 1 aromatic carbocycles. The Kier molecular flexibility index (Phi) is 2.80. The molecule has 15 heavy (non-hydrogen) atoms. The number of amides is 1. The van der Waals surface area contributed by atoms with Crippen LogP contribution in [0.4, 0.5) is 5.69 Å². The summed E-state index contributed by atoms with van der Waals surface area (Å²) in [5.41, 5.74) is 0.635. The highest BCUT2D eigenvalue weighted by molar-refractivity contribution is 7.81. The molecule has 0 spiro atoms. The Hall–Kier alpha value is -0.870. The summed E-state index contributed by atoms with van der Waals surface area (Å²) in [6.45, 7) is 0.562. The summed E-state index contributed by atoms with van der Waals surface area (Å²) < 4.78 is 0. The summed E-state index contributed by atoms with van der Waals surface area (Å²) in [7, 11) is 0. The van der Waals surface area contributed by atoms with Crippen molar-refractivity contribution in [3.05, 3.63) is 23.2 Å². The topological polar surface area (TPSA) is 40.5 Å². The van der Waals surface area contributed by atoms with Gasteiger partial charge in [0.25, 0.3) is 0 Å². The Morgan fingerprint density at radius 2 is 2.27 bits per heavy atom. The first-order valence-electron chi connectivity index (χ1n) is 4.55. The SMILES string of the molecule is O=C1CC(S)CN1c1ccc(O)cc1Cl. The second kappa shape index (κ2) is 3.94. The Labute approximate surface area is 98.1 Å². The molecule has 1 unspecified atom stereocenters. The number of anilines is 1. The van der Waals surface area contributed by atoms with Gasteiger partial charge in [0, 0.05) is 24.3 Å². The van der Waals surface area contributed by atoms with Gasteiger partial charge in [0.05, 0.1) is 10.7 Å². The molecule has 1 N–H and O–H groups in total. The highest BCUT2D eigenvalue weighted by Crippen LogP contribution is 2.32. The third-order valence-corrected chi connectivity index (χ3v) is 2.98. The smallest absolute Gasteiger partial charge is 0.228 e. The third kappa shape index (κ3) is 2.06. The molecule has 1 saturated heterocycles. The molecular formula is C10H10ClNO2S. The standard InChI is InChI=1S/C10H10ClNO2S/c11-8-3-6(13)1-2-9(8)12-5-7(15)4-10(12)14/h1-3,7,13,15H,4-5H2. The highest BCUT2D eigenvalue weighted by atomic mass is 35.5. The third-order valence-electron chi connectivity index (χ3n) is 2.33. The van der Waals surface area contributed by atoms with Crippen molar-refractivity contribution in [2.45, 2.75) is 11.7 Å². The Balaban J connectivity index is 2.34. The van der Waals surface area contributed by atoms with Gasteiger partial charge in [0.2, 0.25) is 5.91 Å². The van der Waals surface area contributed by atoms with E-state index in [9.17, 15) is 9.90 Å². The van der Waals surface area contributed by atoms with E-state index in [0.29, 0.717) is 23.7 Å². The number of benzene rings is 1. The minimum Gasteiger partial charge on any atom is -0.508 e. The van der Waals surface area contributed by atoms with Crippen molar-refractivity contribution in [2.75, 3.05) is 11.4 Å². The maximum absolute atomic E-state index is 11.6. The molecular weight excluding hydrogens is 234 g/mol. The van der Waals surface area contributed by atoms with Crippen molar-refractivity contribution in [2.24, 2.45) is 0 Å². The van der Waals surface area contributed by atoms with Gasteiger partial charge in [-0.05, 0) is 12.1 Å². The first kappa shape index (κ1) is 10.6. The molecule has 1 aromatic rings. The molecule has 0 aromatic heterocycles. The number of carbonyl (C=O) groups is 1. The molecule has 80 valence electrons. The van der Waals surface area contributed by atoms with Gasteiger partial charge in [-0.2, -0.15) is 12.6 Å². The van der Waals surface area contributed by atoms with E-state index < -0.39 is 0 Å².